The second-order valence-corrected chi connectivity index (χ2v) is 4.99. The zero-order valence-corrected chi connectivity index (χ0v) is 11.5. The highest BCUT2D eigenvalue weighted by Crippen LogP contribution is 2.14. The summed E-state index contributed by atoms with van der Waals surface area (Å²) in [7, 11) is 0. The summed E-state index contributed by atoms with van der Waals surface area (Å²) in [6.45, 7) is 5.18. The van der Waals surface area contributed by atoms with Gasteiger partial charge in [0.25, 0.3) is 11.6 Å². The van der Waals surface area contributed by atoms with Crippen molar-refractivity contribution < 1.29 is 9.72 Å². The topological polar surface area (TPSA) is 75.5 Å². The molecular weight excluding hydrogens is 258 g/mol. The van der Waals surface area contributed by atoms with E-state index in [1.165, 1.54) is 24.3 Å². The first-order valence-corrected chi connectivity index (χ1v) is 6.88. The van der Waals surface area contributed by atoms with Gasteiger partial charge in [0.2, 0.25) is 0 Å². The predicted molar refractivity (Wildman–Crippen MR) is 75.7 cm³/mol. The molecule has 0 saturated carbocycles. The molecule has 0 bridgehead atoms. The molecule has 0 spiro atoms. The summed E-state index contributed by atoms with van der Waals surface area (Å²) in [4.78, 5) is 24.5. The van der Waals surface area contributed by atoms with Crippen LogP contribution in [0.5, 0.6) is 0 Å². The Kier molecular flexibility index (Phi) is 4.68. The number of piperidine rings is 1. The number of nitrogens with one attached hydrogen (secondary N) is 1. The number of amides is 1. The Bertz CT molecular complexity index is 479. The largest absolute Gasteiger partial charge is 0.349 e. The third-order valence-electron chi connectivity index (χ3n) is 3.71. The molecule has 1 heterocycles. The molecule has 1 aliphatic heterocycles. The quantitative estimate of drug-likeness (QED) is 0.672. The minimum Gasteiger partial charge on any atom is -0.349 e. The molecular formula is C14H19N3O3. The van der Waals surface area contributed by atoms with E-state index in [0.29, 0.717) is 5.56 Å². The number of rotatable bonds is 4. The molecule has 1 fully saturated rings. The summed E-state index contributed by atoms with van der Waals surface area (Å²) in [5.74, 6) is -0.158. The number of nitrogens with zero attached hydrogens (tertiary/aromatic N) is 2. The van der Waals surface area contributed by atoms with Crippen molar-refractivity contribution in [2.24, 2.45) is 0 Å². The monoisotopic (exact) mass is 277 g/mol. The molecule has 1 aliphatic rings. The van der Waals surface area contributed by atoms with Crippen molar-refractivity contribution in [3.05, 3.63) is 39.9 Å². The van der Waals surface area contributed by atoms with E-state index in [-0.39, 0.29) is 17.6 Å². The highest BCUT2D eigenvalue weighted by atomic mass is 16.6. The first-order valence-electron chi connectivity index (χ1n) is 6.88. The number of likely N-dealkylation sites (tertiary alicyclic amines) is 1. The molecule has 2 rings (SSSR count). The van der Waals surface area contributed by atoms with Gasteiger partial charge in [0.1, 0.15) is 0 Å². The first kappa shape index (κ1) is 14.5. The van der Waals surface area contributed by atoms with Crippen LogP contribution < -0.4 is 5.32 Å². The van der Waals surface area contributed by atoms with Crippen molar-refractivity contribution in [2.75, 3.05) is 19.6 Å². The Balaban J connectivity index is 1.90. The van der Waals surface area contributed by atoms with Gasteiger partial charge in [0.15, 0.2) is 0 Å². The number of benzene rings is 1. The molecule has 6 heteroatoms. The second-order valence-electron chi connectivity index (χ2n) is 4.99. The smallest absolute Gasteiger partial charge is 0.269 e. The predicted octanol–water partition coefficient (Wildman–Crippen LogP) is 1.81. The Morgan fingerprint density at radius 1 is 1.35 bits per heavy atom. The van der Waals surface area contributed by atoms with E-state index in [1.54, 1.807) is 0 Å². The van der Waals surface area contributed by atoms with Crippen LogP contribution in [0.25, 0.3) is 0 Å². The lowest BCUT2D eigenvalue weighted by Gasteiger charge is -2.31. The lowest BCUT2D eigenvalue weighted by atomic mass is 10.0. The van der Waals surface area contributed by atoms with Gasteiger partial charge in [-0.3, -0.25) is 14.9 Å². The molecule has 1 aromatic rings. The molecule has 0 unspecified atom stereocenters. The molecule has 0 aromatic heterocycles. The third-order valence-corrected chi connectivity index (χ3v) is 3.71. The van der Waals surface area contributed by atoms with Crippen LogP contribution in [0.4, 0.5) is 5.69 Å². The number of carbonyl (C=O) groups excluding carboxylic acids is 1. The molecule has 108 valence electrons. The van der Waals surface area contributed by atoms with Crippen LogP contribution in [0, 0.1) is 10.1 Å². The summed E-state index contributed by atoms with van der Waals surface area (Å²) >= 11 is 0. The van der Waals surface area contributed by atoms with Crippen LogP contribution in [-0.2, 0) is 0 Å². The molecule has 1 N–H and O–H groups in total. The zero-order valence-electron chi connectivity index (χ0n) is 11.5. The number of nitro benzene ring substituents is 1. The molecule has 0 atom stereocenters. The Morgan fingerprint density at radius 3 is 2.45 bits per heavy atom. The van der Waals surface area contributed by atoms with Crippen molar-refractivity contribution in [3.8, 4) is 0 Å². The Morgan fingerprint density at radius 2 is 1.95 bits per heavy atom. The molecule has 1 amide bonds. The standard InChI is InChI=1S/C14H19N3O3/c1-2-16-9-7-12(8-10-16)15-14(18)11-3-5-13(6-4-11)17(19)20/h3-6,12H,2,7-10H2,1H3,(H,15,18). The summed E-state index contributed by atoms with van der Waals surface area (Å²) < 4.78 is 0. The van der Waals surface area contributed by atoms with Crippen molar-refractivity contribution in [1.82, 2.24) is 10.2 Å². The average Bonchev–Trinajstić information content (AvgIpc) is 2.48. The van der Waals surface area contributed by atoms with Crippen LogP contribution >= 0.6 is 0 Å². The van der Waals surface area contributed by atoms with Crippen LogP contribution in [-0.4, -0.2) is 41.4 Å². The summed E-state index contributed by atoms with van der Waals surface area (Å²) in [5.41, 5.74) is 0.464. The van der Waals surface area contributed by atoms with Gasteiger partial charge in [-0.15, -0.1) is 0 Å². The second kappa shape index (κ2) is 6.47. The Labute approximate surface area is 117 Å². The molecule has 0 aliphatic carbocycles. The van der Waals surface area contributed by atoms with E-state index >= 15 is 0 Å². The Hall–Kier alpha value is -1.95. The van der Waals surface area contributed by atoms with E-state index in [2.05, 4.69) is 17.1 Å². The average molecular weight is 277 g/mol. The fourth-order valence-electron chi connectivity index (χ4n) is 2.40. The fraction of sp³-hybridized carbons (Fsp3) is 0.500. The minimum absolute atomic E-state index is 0.00203. The number of nitro groups is 1. The number of hydrogen-bond acceptors (Lipinski definition) is 4. The van der Waals surface area contributed by atoms with Crippen LogP contribution in [0.2, 0.25) is 0 Å². The maximum absolute atomic E-state index is 12.1. The molecule has 20 heavy (non-hydrogen) atoms. The van der Waals surface area contributed by atoms with Gasteiger partial charge in [-0.25, -0.2) is 0 Å². The number of carbonyl (C=O) groups is 1. The molecule has 0 radical (unpaired) electrons. The van der Waals surface area contributed by atoms with Crippen molar-refractivity contribution in [3.63, 3.8) is 0 Å². The lowest BCUT2D eigenvalue weighted by Crippen LogP contribution is -2.44. The van der Waals surface area contributed by atoms with Gasteiger partial charge < -0.3 is 10.2 Å². The van der Waals surface area contributed by atoms with Crippen LogP contribution in [0.15, 0.2) is 24.3 Å². The van der Waals surface area contributed by atoms with Crippen molar-refractivity contribution in [2.45, 2.75) is 25.8 Å². The van der Waals surface area contributed by atoms with E-state index in [0.717, 1.165) is 32.5 Å². The van der Waals surface area contributed by atoms with E-state index in [9.17, 15) is 14.9 Å². The van der Waals surface area contributed by atoms with Crippen LogP contribution in [0.1, 0.15) is 30.1 Å². The maximum Gasteiger partial charge on any atom is 0.269 e. The van der Waals surface area contributed by atoms with E-state index in [4.69, 9.17) is 0 Å². The summed E-state index contributed by atoms with van der Waals surface area (Å²) in [5, 5.41) is 13.6. The van der Waals surface area contributed by atoms with Gasteiger partial charge in [-0.2, -0.15) is 0 Å². The number of hydrogen-bond donors (Lipinski definition) is 1. The summed E-state index contributed by atoms with van der Waals surface area (Å²) in [6, 6.07) is 5.90. The van der Waals surface area contributed by atoms with Crippen molar-refractivity contribution in [1.29, 1.82) is 0 Å². The molecule has 6 nitrogen and oxygen atoms in total. The van der Waals surface area contributed by atoms with Crippen molar-refractivity contribution >= 4 is 11.6 Å². The van der Waals surface area contributed by atoms with Gasteiger partial charge in [-0.1, -0.05) is 6.92 Å². The molecule has 1 aromatic carbocycles. The van der Waals surface area contributed by atoms with Gasteiger partial charge in [0, 0.05) is 36.8 Å². The van der Waals surface area contributed by atoms with E-state index < -0.39 is 4.92 Å². The summed E-state index contributed by atoms with van der Waals surface area (Å²) in [6.07, 6.45) is 1.90. The zero-order chi connectivity index (χ0) is 14.5. The van der Waals surface area contributed by atoms with E-state index in [1.807, 2.05) is 0 Å². The molecule has 1 saturated heterocycles. The fourth-order valence-corrected chi connectivity index (χ4v) is 2.40. The highest BCUT2D eigenvalue weighted by molar-refractivity contribution is 5.94. The van der Waals surface area contributed by atoms with Gasteiger partial charge in [0.05, 0.1) is 4.92 Å². The van der Waals surface area contributed by atoms with Gasteiger partial charge >= 0.3 is 0 Å². The normalized spacial score (nSPS) is 16.9. The van der Waals surface area contributed by atoms with Crippen LogP contribution in [0.3, 0.4) is 0 Å². The highest BCUT2D eigenvalue weighted by Gasteiger charge is 2.20. The lowest BCUT2D eigenvalue weighted by molar-refractivity contribution is -0.384. The first-order chi connectivity index (χ1) is 9.60. The minimum atomic E-state index is -0.470. The maximum atomic E-state index is 12.1. The SMILES string of the molecule is CCN1CCC(NC(=O)c2ccc([N+](=O)[O-])cc2)CC1. The number of non-ortho nitro benzene ring substituents is 1. The van der Waals surface area contributed by atoms with Gasteiger partial charge in [-0.05, 0) is 31.5 Å². The third kappa shape index (κ3) is 3.54.